The second kappa shape index (κ2) is 6.33. The third kappa shape index (κ3) is 3.28. The average Bonchev–Trinajstić information content (AvgIpc) is 2.92. The molecule has 0 saturated carbocycles. The van der Waals surface area contributed by atoms with E-state index in [9.17, 15) is 0 Å². The normalized spacial score (nSPS) is 12.7. The van der Waals surface area contributed by atoms with E-state index < -0.39 is 0 Å². The molecule has 3 nitrogen and oxygen atoms in total. The molecule has 0 amide bonds. The highest BCUT2D eigenvalue weighted by molar-refractivity contribution is 7.09. The van der Waals surface area contributed by atoms with Crippen LogP contribution in [0.2, 0.25) is 0 Å². The maximum Gasteiger partial charge on any atom is 0.0943 e. The molecule has 0 saturated heterocycles. The molecule has 2 heterocycles. The van der Waals surface area contributed by atoms with Crippen LogP contribution in [-0.4, -0.2) is 23.1 Å². The molecule has 1 N–H and O–H groups in total. The van der Waals surface area contributed by atoms with Crippen molar-refractivity contribution in [2.45, 2.75) is 25.8 Å². The van der Waals surface area contributed by atoms with Gasteiger partial charge in [0, 0.05) is 35.1 Å². The van der Waals surface area contributed by atoms with E-state index in [0.717, 1.165) is 24.1 Å². The van der Waals surface area contributed by atoms with Gasteiger partial charge in [-0.3, -0.25) is 4.98 Å². The Balaban J connectivity index is 1.82. The number of nitrogens with one attached hydrogen (secondary N) is 1. The largest absolute Gasteiger partial charge is 0.316 e. The molecule has 1 atom stereocenters. The Morgan fingerprint density at radius 3 is 2.81 bits per heavy atom. The number of rotatable bonds is 5. The van der Waals surface area contributed by atoms with Crippen molar-refractivity contribution < 1.29 is 0 Å². The summed E-state index contributed by atoms with van der Waals surface area (Å²) in [6, 6.07) is 10.8. The van der Waals surface area contributed by atoms with Crippen LogP contribution in [0.1, 0.15) is 16.3 Å². The van der Waals surface area contributed by atoms with Crippen molar-refractivity contribution >= 4 is 22.2 Å². The number of aromatic nitrogens is 2. The van der Waals surface area contributed by atoms with Gasteiger partial charge >= 0.3 is 0 Å². The van der Waals surface area contributed by atoms with Crippen LogP contribution in [0.25, 0.3) is 10.9 Å². The molecule has 0 aliphatic rings. The van der Waals surface area contributed by atoms with Gasteiger partial charge in [-0.05, 0) is 38.1 Å². The van der Waals surface area contributed by atoms with E-state index in [2.05, 4.69) is 44.9 Å². The molecule has 0 aliphatic carbocycles. The summed E-state index contributed by atoms with van der Waals surface area (Å²) in [5.74, 6) is 0. The molecule has 2 aromatic heterocycles. The standard InChI is InChI=1S/C17H19N3S/c1-12-11-21-17(20-12)10-14(18-2)9-13-7-8-19-16-6-4-3-5-15(13)16/h3-8,11,14,18H,9-10H2,1-2H3. The first-order chi connectivity index (χ1) is 10.3. The lowest BCUT2D eigenvalue weighted by molar-refractivity contribution is 0.556. The average molecular weight is 297 g/mol. The van der Waals surface area contributed by atoms with Gasteiger partial charge in [0.15, 0.2) is 0 Å². The number of thiazole rings is 1. The molecule has 0 aliphatic heterocycles. The van der Waals surface area contributed by atoms with Crippen molar-refractivity contribution in [3.05, 3.63) is 58.2 Å². The van der Waals surface area contributed by atoms with Crippen LogP contribution in [-0.2, 0) is 12.8 Å². The Morgan fingerprint density at radius 2 is 2.05 bits per heavy atom. The lowest BCUT2D eigenvalue weighted by atomic mass is 10.0. The number of pyridine rings is 1. The lowest BCUT2D eigenvalue weighted by Gasteiger charge is -2.16. The van der Waals surface area contributed by atoms with Gasteiger partial charge in [0.25, 0.3) is 0 Å². The van der Waals surface area contributed by atoms with Crippen molar-refractivity contribution in [2.24, 2.45) is 0 Å². The monoisotopic (exact) mass is 297 g/mol. The summed E-state index contributed by atoms with van der Waals surface area (Å²) >= 11 is 1.74. The van der Waals surface area contributed by atoms with Crippen LogP contribution in [0, 0.1) is 6.92 Å². The fourth-order valence-electron chi connectivity index (χ4n) is 2.58. The van der Waals surface area contributed by atoms with E-state index in [1.165, 1.54) is 16.0 Å². The molecule has 1 aromatic carbocycles. The van der Waals surface area contributed by atoms with Crippen LogP contribution in [0.3, 0.4) is 0 Å². The summed E-state index contributed by atoms with van der Waals surface area (Å²) in [6.45, 7) is 2.05. The Bertz CT molecular complexity index is 730. The summed E-state index contributed by atoms with van der Waals surface area (Å²) in [5, 5.41) is 7.98. The quantitative estimate of drug-likeness (QED) is 0.784. The molecule has 108 valence electrons. The van der Waals surface area contributed by atoms with Crippen LogP contribution < -0.4 is 5.32 Å². The van der Waals surface area contributed by atoms with E-state index in [-0.39, 0.29) is 0 Å². The topological polar surface area (TPSA) is 37.8 Å². The van der Waals surface area contributed by atoms with Gasteiger partial charge < -0.3 is 5.32 Å². The van der Waals surface area contributed by atoms with E-state index in [1.807, 2.05) is 26.2 Å². The summed E-state index contributed by atoms with van der Waals surface area (Å²) in [6.07, 6.45) is 3.85. The van der Waals surface area contributed by atoms with Crippen molar-refractivity contribution in [1.82, 2.24) is 15.3 Å². The second-order valence-electron chi connectivity index (χ2n) is 5.26. The molecule has 0 fully saturated rings. The number of benzene rings is 1. The molecule has 21 heavy (non-hydrogen) atoms. The summed E-state index contributed by atoms with van der Waals surface area (Å²) < 4.78 is 0. The van der Waals surface area contributed by atoms with E-state index >= 15 is 0 Å². The third-order valence-corrected chi connectivity index (χ3v) is 4.69. The lowest BCUT2D eigenvalue weighted by Crippen LogP contribution is -2.30. The van der Waals surface area contributed by atoms with Gasteiger partial charge in [0.1, 0.15) is 0 Å². The first-order valence-corrected chi connectivity index (χ1v) is 8.05. The highest BCUT2D eigenvalue weighted by Crippen LogP contribution is 2.19. The summed E-state index contributed by atoms with van der Waals surface area (Å²) in [5.41, 5.74) is 3.52. The Morgan fingerprint density at radius 1 is 1.19 bits per heavy atom. The third-order valence-electron chi connectivity index (χ3n) is 3.70. The van der Waals surface area contributed by atoms with Crippen molar-refractivity contribution in [3.63, 3.8) is 0 Å². The van der Waals surface area contributed by atoms with Gasteiger partial charge in [-0.2, -0.15) is 0 Å². The Labute approximate surface area is 129 Å². The maximum absolute atomic E-state index is 4.57. The molecule has 0 spiro atoms. The fourth-order valence-corrected chi connectivity index (χ4v) is 3.44. The van der Waals surface area contributed by atoms with Crippen molar-refractivity contribution in [3.8, 4) is 0 Å². The van der Waals surface area contributed by atoms with Gasteiger partial charge in [0.05, 0.1) is 10.5 Å². The predicted octanol–water partition coefficient (Wildman–Crippen LogP) is 3.37. The van der Waals surface area contributed by atoms with Crippen LogP contribution in [0.15, 0.2) is 41.9 Å². The summed E-state index contributed by atoms with van der Waals surface area (Å²) in [4.78, 5) is 9.00. The second-order valence-corrected chi connectivity index (χ2v) is 6.21. The minimum Gasteiger partial charge on any atom is -0.316 e. The van der Waals surface area contributed by atoms with Crippen molar-refractivity contribution in [1.29, 1.82) is 0 Å². The first kappa shape index (κ1) is 14.2. The summed E-state index contributed by atoms with van der Waals surface area (Å²) in [7, 11) is 2.02. The van der Waals surface area contributed by atoms with E-state index in [4.69, 9.17) is 0 Å². The number of hydrogen-bond donors (Lipinski definition) is 1. The predicted molar refractivity (Wildman–Crippen MR) is 88.8 cm³/mol. The van der Waals surface area contributed by atoms with Gasteiger partial charge in [-0.15, -0.1) is 11.3 Å². The molecule has 0 bridgehead atoms. The van der Waals surface area contributed by atoms with Gasteiger partial charge in [-0.25, -0.2) is 4.98 Å². The Kier molecular flexibility index (Phi) is 4.27. The highest BCUT2D eigenvalue weighted by atomic mass is 32.1. The maximum atomic E-state index is 4.57. The van der Waals surface area contributed by atoms with Crippen LogP contribution >= 0.6 is 11.3 Å². The van der Waals surface area contributed by atoms with E-state index in [0.29, 0.717) is 6.04 Å². The zero-order valence-corrected chi connectivity index (χ0v) is 13.2. The van der Waals surface area contributed by atoms with Crippen LogP contribution in [0.4, 0.5) is 0 Å². The van der Waals surface area contributed by atoms with E-state index in [1.54, 1.807) is 11.3 Å². The number of fused-ring (bicyclic) bond motifs is 1. The number of para-hydroxylation sites is 1. The number of hydrogen-bond acceptors (Lipinski definition) is 4. The zero-order chi connectivity index (χ0) is 14.7. The molecular formula is C17H19N3S. The minimum atomic E-state index is 0.390. The molecular weight excluding hydrogens is 278 g/mol. The molecule has 3 rings (SSSR count). The first-order valence-electron chi connectivity index (χ1n) is 7.17. The zero-order valence-electron chi connectivity index (χ0n) is 12.3. The highest BCUT2D eigenvalue weighted by Gasteiger charge is 2.12. The number of likely N-dealkylation sites (N-methyl/N-ethyl adjacent to an activating group) is 1. The number of nitrogens with zero attached hydrogens (tertiary/aromatic N) is 2. The fraction of sp³-hybridized carbons (Fsp3) is 0.294. The number of aryl methyl sites for hydroxylation is 1. The molecule has 3 aromatic rings. The smallest absolute Gasteiger partial charge is 0.0943 e. The minimum absolute atomic E-state index is 0.390. The van der Waals surface area contributed by atoms with Gasteiger partial charge in [0.2, 0.25) is 0 Å². The SMILES string of the molecule is CNC(Cc1nc(C)cs1)Cc1ccnc2ccccc12. The van der Waals surface area contributed by atoms with Gasteiger partial charge in [-0.1, -0.05) is 18.2 Å². The molecule has 0 radical (unpaired) electrons. The molecule has 4 heteroatoms. The van der Waals surface area contributed by atoms with Crippen LogP contribution in [0.5, 0.6) is 0 Å². The van der Waals surface area contributed by atoms with Crippen molar-refractivity contribution in [2.75, 3.05) is 7.05 Å². The molecule has 1 unspecified atom stereocenters. The Hall–Kier alpha value is -1.78.